The second-order valence-electron chi connectivity index (χ2n) is 5.61. The van der Waals surface area contributed by atoms with Crippen molar-refractivity contribution < 1.29 is 28.2 Å². The van der Waals surface area contributed by atoms with Gasteiger partial charge in [0, 0.05) is 13.8 Å². The number of ether oxygens (including phenoxy) is 3. The minimum Gasteiger partial charge on any atom is -0.463 e. The number of alkyl halides is 2. The maximum Gasteiger partial charge on any atom is 0.330 e. The summed E-state index contributed by atoms with van der Waals surface area (Å²) >= 11 is 12.2. The van der Waals surface area contributed by atoms with Gasteiger partial charge in [-0.2, -0.15) is 4.39 Å². The molecule has 2 rings (SSSR count). The smallest absolute Gasteiger partial charge is 0.330 e. The fraction of sp³-hybridized carbons (Fsp3) is 0.571. The third-order valence-electron chi connectivity index (χ3n) is 3.67. The zero-order valence-corrected chi connectivity index (χ0v) is 15.2. The van der Waals surface area contributed by atoms with Crippen molar-refractivity contribution in [1.82, 2.24) is 9.55 Å². The number of nitrogens with one attached hydrogen (secondary N) is 1. The number of aromatic amines is 1. The minimum atomic E-state index is -1.58. The topological polar surface area (TPSA) is 117 Å². The molecule has 1 N–H and O–H groups in total. The van der Waals surface area contributed by atoms with E-state index in [0.717, 1.165) is 13.8 Å². The molecular weight excluding hydrogens is 398 g/mol. The van der Waals surface area contributed by atoms with Gasteiger partial charge in [0.2, 0.25) is 5.82 Å². The van der Waals surface area contributed by atoms with Crippen LogP contribution in [0.3, 0.4) is 0 Å². The molecule has 0 aromatic carbocycles. The average molecular weight is 413 g/mol. The fourth-order valence-corrected chi connectivity index (χ4v) is 3.26. The standard InChI is InChI=1S/C14H15Cl2FN2O7/c1-6(20)24-5-14(4-15)10(25-7(2)21)9(16)12(26-14)19-3-8(17)11(22)18-13(19)23/h3,9-10,12H,4-5H2,1-2H3,(H,18,22,23)/t9-,10+,12-,14-/m1/s1. The van der Waals surface area contributed by atoms with E-state index in [0.29, 0.717) is 10.8 Å². The molecule has 0 bridgehead atoms. The van der Waals surface area contributed by atoms with Crippen LogP contribution in [0.5, 0.6) is 0 Å². The van der Waals surface area contributed by atoms with Crippen LogP contribution in [0.4, 0.5) is 4.39 Å². The molecule has 9 nitrogen and oxygen atoms in total. The van der Waals surface area contributed by atoms with Crippen molar-refractivity contribution in [2.75, 3.05) is 12.5 Å². The van der Waals surface area contributed by atoms with Crippen molar-refractivity contribution >= 4 is 35.1 Å². The SMILES string of the molecule is CC(=O)OC[C@@]1(CCl)O[C@@H](n2cc(F)c(=O)[nH]c2=O)[C@H](Cl)[C@@H]1OC(C)=O. The molecule has 0 amide bonds. The van der Waals surface area contributed by atoms with Crippen molar-refractivity contribution in [1.29, 1.82) is 0 Å². The molecule has 0 unspecified atom stereocenters. The number of rotatable bonds is 5. The van der Waals surface area contributed by atoms with Crippen LogP contribution in [0, 0.1) is 5.82 Å². The van der Waals surface area contributed by atoms with Crippen LogP contribution in [0.25, 0.3) is 0 Å². The Hall–Kier alpha value is -1.91. The quantitative estimate of drug-likeness (QED) is 0.545. The first-order valence-electron chi connectivity index (χ1n) is 7.30. The Balaban J connectivity index is 2.49. The number of esters is 2. The normalized spacial score (nSPS) is 28.0. The van der Waals surface area contributed by atoms with E-state index in [-0.39, 0.29) is 5.88 Å². The summed E-state index contributed by atoms with van der Waals surface area (Å²) in [7, 11) is 0. The highest BCUT2D eigenvalue weighted by atomic mass is 35.5. The monoisotopic (exact) mass is 412 g/mol. The van der Waals surface area contributed by atoms with Gasteiger partial charge >= 0.3 is 17.6 Å². The lowest BCUT2D eigenvalue weighted by Gasteiger charge is -2.31. The Labute approximate surface area is 155 Å². The third kappa shape index (κ3) is 3.92. The van der Waals surface area contributed by atoms with Crippen LogP contribution in [0.15, 0.2) is 15.8 Å². The Morgan fingerprint density at radius 3 is 2.58 bits per heavy atom. The van der Waals surface area contributed by atoms with Gasteiger partial charge in [-0.3, -0.25) is 23.9 Å². The van der Waals surface area contributed by atoms with E-state index in [1.54, 1.807) is 4.98 Å². The first-order valence-corrected chi connectivity index (χ1v) is 8.28. The molecule has 1 aromatic heterocycles. The molecule has 4 atom stereocenters. The maximum atomic E-state index is 13.6. The van der Waals surface area contributed by atoms with Crippen LogP contribution in [0.1, 0.15) is 20.1 Å². The lowest BCUT2D eigenvalue weighted by molar-refractivity contribution is -0.171. The summed E-state index contributed by atoms with van der Waals surface area (Å²) in [5.74, 6) is -2.94. The second kappa shape index (κ2) is 7.77. The highest BCUT2D eigenvalue weighted by Gasteiger charge is 2.58. The van der Waals surface area contributed by atoms with Crippen molar-refractivity contribution in [3.05, 3.63) is 32.9 Å². The van der Waals surface area contributed by atoms with E-state index < -0.39 is 58.9 Å². The Morgan fingerprint density at radius 1 is 1.38 bits per heavy atom. The third-order valence-corrected chi connectivity index (χ3v) is 4.57. The molecule has 26 heavy (non-hydrogen) atoms. The summed E-state index contributed by atoms with van der Waals surface area (Å²) < 4.78 is 30.1. The number of hydrogen-bond donors (Lipinski definition) is 1. The molecule has 144 valence electrons. The number of halogens is 3. The number of aromatic nitrogens is 2. The van der Waals surface area contributed by atoms with Crippen LogP contribution in [0.2, 0.25) is 0 Å². The van der Waals surface area contributed by atoms with Gasteiger partial charge < -0.3 is 14.2 Å². The number of H-pyrrole nitrogens is 1. The van der Waals surface area contributed by atoms with Crippen LogP contribution in [-0.2, 0) is 23.8 Å². The molecule has 1 aliphatic heterocycles. The van der Waals surface area contributed by atoms with Crippen molar-refractivity contribution in [2.45, 2.75) is 37.2 Å². The van der Waals surface area contributed by atoms with E-state index in [2.05, 4.69) is 0 Å². The molecule has 12 heteroatoms. The first kappa shape index (κ1) is 20.4. The highest BCUT2D eigenvalue weighted by molar-refractivity contribution is 6.22. The maximum absolute atomic E-state index is 13.6. The van der Waals surface area contributed by atoms with Crippen LogP contribution < -0.4 is 11.2 Å². The first-order chi connectivity index (χ1) is 12.1. The van der Waals surface area contributed by atoms with Gasteiger partial charge in [-0.15, -0.1) is 23.2 Å². The van der Waals surface area contributed by atoms with Gasteiger partial charge in [0.1, 0.15) is 12.0 Å². The van der Waals surface area contributed by atoms with E-state index in [1.165, 1.54) is 0 Å². The summed E-state index contributed by atoms with van der Waals surface area (Å²) in [6.45, 7) is 1.84. The lowest BCUT2D eigenvalue weighted by Crippen LogP contribution is -2.50. The molecule has 0 saturated carbocycles. The molecule has 1 fully saturated rings. The van der Waals surface area contributed by atoms with Crippen molar-refractivity contribution in [3.63, 3.8) is 0 Å². The van der Waals surface area contributed by atoms with Gasteiger partial charge in [0.25, 0.3) is 5.56 Å². The van der Waals surface area contributed by atoms with E-state index in [9.17, 15) is 23.6 Å². The number of carbonyl (C=O) groups is 2. The summed E-state index contributed by atoms with van der Waals surface area (Å²) in [6, 6.07) is 0. The molecule has 0 radical (unpaired) electrons. The number of hydrogen-bond acceptors (Lipinski definition) is 7. The minimum absolute atomic E-state index is 0.321. The molecule has 2 heterocycles. The molecule has 0 aliphatic carbocycles. The predicted molar refractivity (Wildman–Crippen MR) is 86.7 cm³/mol. The summed E-state index contributed by atoms with van der Waals surface area (Å²) in [5.41, 5.74) is -3.79. The van der Waals surface area contributed by atoms with Gasteiger partial charge in [-0.1, -0.05) is 0 Å². The fourth-order valence-electron chi connectivity index (χ4n) is 2.51. The summed E-state index contributed by atoms with van der Waals surface area (Å²) in [5, 5.41) is -1.20. The molecule has 0 spiro atoms. The largest absolute Gasteiger partial charge is 0.463 e. The average Bonchev–Trinajstić information content (AvgIpc) is 2.82. The van der Waals surface area contributed by atoms with E-state index >= 15 is 0 Å². The zero-order chi connectivity index (χ0) is 19.6. The Bertz CT molecular complexity index is 826. The van der Waals surface area contributed by atoms with E-state index in [4.69, 9.17) is 37.4 Å². The lowest BCUT2D eigenvalue weighted by atomic mass is 9.99. The Morgan fingerprint density at radius 2 is 2.04 bits per heavy atom. The molecular formula is C14H15Cl2FN2O7. The molecule has 1 saturated heterocycles. The van der Waals surface area contributed by atoms with Crippen molar-refractivity contribution in [3.8, 4) is 0 Å². The van der Waals surface area contributed by atoms with Gasteiger partial charge in [-0.05, 0) is 0 Å². The summed E-state index contributed by atoms with van der Waals surface area (Å²) in [6.07, 6.45) is -1.96. The number of nitrogens with zero attached hydrogens (tertiary/aromatic N) is 1. The highest BCUT2D eigenvalue weighted by Crippen LogP contribution is 2.42. The predicted octanol–water partition coefficient (Wildman–Crippen LogP) is 0.284. The molecule has 1 aliphatic rings. The van der Waals surface area contributed by atoms with Gasteiger partial charge in [-0.25, -0.2) is 4.79 Å². The second-order valence-corrected chi connectivity index (χ2v) is 6.38. The van der Waals surface area contributed by atoms with Gasteiger partial charge in [0.05, 0.1) is 12.1 Å². The van der Waals surface area contributed by atoms with Crippen LogP contribution >= 0.6 is 23.2 Å². The number of carbonyl (C=O) groups excluding carboxylic acids is 2. The Kier molecular flexibility index (Phi) is 6.09. The zero-order valence-electron chi connectivity index (χ0n) is 13.7. The van der Waals surface area contributed by atoms with Gasteiger partial charge in [0.15, 0.2) is 17.9 Å². The van der Waals surface area contributed by atoms with Crippen LogP contribution in [-0.4, -0.2) is 51.1 Å². The van der Waals surface area contributed by atoms with E-state index in [1.807, 2.05) is 0 Å². The molecule has 1 aromatic rings. The summed E-state index contributed by atoms with van der Waals surface area (Å²) in [4.78, 5) is 47.5. The van der Waals surface area contributed by atoms with Crippen molar-refractivity contribution in [2.24, 2.45) is 0 Å².